The molecule has 3 atom stereocenters. The Labute approximate surface area is 159 Å². The second kappa shape index (κ2) is 6.64. The van der Waals surface area contributed by atoms with E-state index in [0.717, 1.165) is 6.42 Å². The van der Waals surface area contributed by atoms with Crippen LogP contribution in [0, 0.1) is 11.8 Å². The fourth-order valence-corrected chi connectivity index (χ4v) is 4.51. The number of hydrogen-bond donors (Lipinski definition) is 0. The number of nitrogens with zero attached hydrogens (tertiary/aromatic N) is 1. The van der Waals surface area contributed by atoms with Gasteiger partial charge >= 0.3 is 6.09 Å². The molecule has 0 aromatic heterocycles. The van der Waals surface area contributed by atoms with Gasteiger partial charge in [0.2, 0.25) is 0 Å². The predicted molar refractivity (Wildman–Crippen MR) is 99.4 cm³/mol. The van der Waals surface area contributed by atoms with Crippen LogP contribution in [0.15, 0.2) is 18.2 Å². The number of carbonyl (C=O) groups excluding carboxylic acids is 1. The molecule has 3 rings (SSSR count). The highest BCUT2D eigenvalue weighted by molar-refractivity contribution is 6.42. The zero-order valence-electron chi connectivity index (χ0n) is 15.1. The summed E-state index contributed by atoms with van der Waals surface area (Å²) in [5, 5.41) is 1.14. The maximum absolute atomic E-state index is 12.4. The van der Waals surface area contributed by atoms with E-state index in [1.54, 1.807) is 7.11 Å². The molecule has 1 aromatic rings. The minimum Gasteiger partial charge on any atom is -0.444 e. The third-order valence-electron chi connectivity index (χ3n) is 5.37. The predicted octanol–water partition coefficient (Wildman–Crippen LogP) is 4.76. The van der Waals surface area contributed by atoms with Crippen molar-refractivity contribution in [2.24, 2.45) is 11.8 Å². The first-order valence-corrected chi connectivity index (χ1v) is 9.37. The number of benzene rings is 1. The van der Waals surface area contributed by atoms with Gasteiger partial charge in [0.25, 0.3) is 0 Å². The lowest BCUT2D eigenvalue weighted by Crippen LogP contribution is -2.43. The van der Waals surface area contributed by atoms with Gasteiger partial charge in [-0.3, -0.25) is 0 Å². The fourth-order valence-electron chi connectivity index (χ4n) is 4.21. The Bertz CT molecular complexity index is 673. The molecule has 0 bridgehead atoms. The van der Waals surface area contributed by atoms with Crippen LogP contribution in [-0.4, -0.2) is 43.4 Å². The number of fused-ring (bicyclic) bond motifs is 1. The van der Waals surface area contributed by atoms with Crippen molar-refractivity contribution in [2.45, 2.75) is 38.2 Å². The Hall–Kier alpha value is -0.970. The van der Waals surface area contributed by atoms with Gasteiger partial charge in [0, 0.05) is 25.6 Å². The summed E-state index contributed by atoms with van der Waals surface area (Å²) in [6, 6.07) is 5.88. The van der Waals surface area contributed by atoms with Crippen LogP contribution in [0.1, 0.15) is 32.8 Å². The minimum absolute atomic E-state index is 0.0166. The molecule has 2 fully saturated rings. The Morgan fingerprint density at radius 1 is 1.32 bits per heavy atom. The highest BCUT2D eigenvalue weighted by Crippen LogP contribution is 2.64. The van der Waals surface area contributed by atoms with Gasteiger partial charge in [-0.1, -0.05) is 29.3 Å². The van der Waals surface area contributed by atoms with Crippen LogP contribution in [0.2, 0.25) is 10.0 Å². The van der Waals surface area contributed by atoms with E-state index in [-0.39, 0.29) is 11.5 Å². The van der Waals surface area contributed by atoms with Crippen LogP contribution in [0.3, 0.4) is 0 Å². The summed E-state index contributed by atoms with van der Waals surface area (Å²) in [5.74, 6) is 0.730. The van der Waals surface area contributed by atoms with Gasteiger partial charge in [0.15, 0.2) is 0 Å². The van der Waals surface area contributed by atoms with Crippen LogP contribution < -0.4 is 0 Å². The number of halogens is 2. The van der Waals surface area contributed by atoms with Crippen LogP contribution in [-0.2, 0) is 14.9 Å². The molecular weight excluding hydrogens is 361 g/mol. The molecular formula is C19H25Cl2NO3. The number of carbonyl (C=O) groups is 1. The van der Waals surface area contributed by atoms with Gasteiger partial charge in [0.1, 0.15) is 5.60 Å². The number of rotatable bonds is 3. The molecule has 6 heteroatoms. The number of likely N-dealkylation sites (tertiary alicyclic amines) is 1. The van der Waals surface area contributed by atoms with Crippen molar-refractivity contribution >= 4 is 29.3 Å². The zero-order valence-corrected chi connectivity index (χ0v) is 16.7. The average molecular weight is 386 g/mol. The van der Waals surface area contributed by atoms with Crippen LogP contribution in [0.4, 0.5) is 4.79 Å². The van der Waals surface area contributed by atoms with Gasteiger partial charge in [-0.15, -0.1) is 0 Å². The summed E-state index contributed by atoms with van der Waals surface area (Å²) >= 11 is 12.3. The summed E-state index contributed by atoms with van der Waals surface area (Å²) in [7, 11) is 1.72. The molecule has 0 radical (unpaired) electrons. The molecule has 138 valence electrons. The van der Waals surface area contributed by atoms with Crippen molar-refractivity contribution in [1.82, 2.24) is 4.90 Å². The van der Waals surface area contributed by atoms with E-state index in [9.17, 15) is 4.79 Å². The van der Waals surface area contributed by atoms with E-state index in [2.05, 4.69) is 6.07 Å². The van der Waals surface area contributed by atoms with Crippen molar-refractivity contribution in [1.29, 1.82) is 0 Å². The molecule has 2 aliphatic rings. The molecule has 25 heavy (non-hydrogen) atoms. The van der Waals surface area contributed by atoms with Crippen LogP contribution in [0.25, 0.3) is 0 Å². The molecule has 1 amide bonds. The molecule has 0 N–H and O–H groups in total. The molecule has 1 aromatic carbocycles. The SMILES string of the molecule is COCC1[C@@H]2CN(C(=O)OC(C)(C)C)CC[C@]12c1ccc(Cl)c(Cl)c1. The van der Waals surface area contributed by atoms with E-state index < -0.39 is 5.60 Å². The van der Waals surface area contributed by atoms with Gasteiger partial charge in [0.05, 0.1) is 16.7 Å². The number of amides is 1. The Balaban J connectivity index is 1.80. The Kier molecular flexibility index (Phi) is 5.00. The monoisotopic (exact) mass is 385 g/mol. The topological polar surface area (TPSA) is 38.8 Å². The Morgan fingerprint density at radius 3 is 2.64 bits per heavy atom. The van der Waals surface area contributed by atoms with Crippen molar-refractivity contribution in [3.63, 3.8) is 0 Å². The lowest BCUT2D eigenvalue weighted by atomic mass is 9.86. The summed E-state index contributed by atoms with van der Waals surface area (Å²) in [5.41, 5.74) is 0.728. The molecule has 1 heterocycles. The summed E-state index contributed by atoms with van der Waals surface area (Å²) in [6.07, 6.45) is 0.640. The number of hydrogen-bond acceptors (Lipinski definition) is 3. The van der Waals surface area contributed by atoms with Crippen LogP contribution >= 0.6 is 23.2 Å². The molecule has 1 unspecified atom stereocenters. The quantitative estimate of drug-likeness (QED) is 0.752. The summed E-state index contributed by atoms with van der Waals surface area (Å²) in [4.78, 5) is 14.2. The Morgan fingerprint density at radius 2 is 2.04 bits per heavy atom. The maximum Gasteiger partial charge on any atom is 0.410 e. The van der Waals surface area contributed by atoms with Crippen molar-refractivity contribution in [2.75, 3.05) is 26.8 Å². The second-order valence-corrected chi connectivity index (χ2v) is 8.83. The highest BCUT2D eigenvalue weighted by Gasteiger charge is 2.67. The highest BCUT2D eigenvalue weighted by atomic mass is 35.5. The number of ether oxygens (including phenoxy) is 2. The molecule has 1 saturated heterocycles. The van der Waals surface area contributed by atoms with E-state index in [1.165, 1.54) is 5.56 Å². The maximum atomic E-state index is 12.4. The lowest BCUT2D eigenvalue weighted by molar-refractivity contribution is 0.0198. The third kappa shape index (κ3) is 3.49. The van der Waals surface area contributed by atoms with Crippen molar-refractivity contribution < 1.29 is 14.3 Å². The molecule has 0 spiro atoms. The van der Waals surface area contributed by atoms with E-state index >= 15 is 0 Å². The van der Waals surface area contributed by atoms with E-state index in [4.69, 9.17) is 32.7 Å². The second-order valence-electron chi connectivity index (χ2n) is 8.01. The van der Waals surface area contributed by atoms with Crippen molar-refractivity contribution in [3.05, 3.63) is 33.8 Å². The minimum atomic E-state index is -0.481. The lowest BCUT2D eigenvalue weighted by Gasteiger charge is -2.33. The van der Waals surface area contributed by atoms with Crippen molar-refractivity contribution in [3.8, 4) is 0 Å². The standard InChI is InChI=1S/C19H25Cl2NO3/c1-18(2,3)25-17(23)22-8-7-19(13(10-22)14(19)11-24-4)12-5-6-15(20)16(21)9-12/h5-6,9,13-14H,7-8,10-11H2,1-4H3/t13-,14?,19+/m0/s1. The van der Waals surface area contributed by atoms with Gasteiger partial charge in [-0.25, -0.2) is 4.79 Å². The van der Waals surface area contributed by atoms with E-state index in [1.807, 2.05) is 37.8 Å². The average Bonchev–Trinajstić information content (AvgIpc) is 3.17. The molecule has 1 aliphatic carbocycles. The fraction of sp³-hybridized carbons (Fsp3) is 0.632. The number of piperidine rings is 1. The first-order chi connectivity index (χ1) is 11.7. The van der Waals surface area contributed by atoms with Crippen LogP contribution in [0.5, 0.6) is 0 Å². The molecule has 1 aliphatic heterocycles. The van der Waals surface area contributed by atoms with Gasteiger partial charge < -0.3 is 14.4 Å². The molecule has 4 nitrogen and oxygen atoms in total. The normalized spacial score (nSPS) is 28.5. The van der Waals surface area contributed by atoms with Gasteiger partial charge in [-0.05, 0) is 56.7 Å². The summed E-state index contributed by atoms with van der Waals surface area (Å²) in [6.45, 7) is 7.70. The smallest absolute Gasteiger partial charge is 0.410 e. The summed E-state index contributed by atoms with van der Waals surface area (Å²) < 4.78 is 11.0. The van der Waals surface area contributed by atoms with E-state index in [0.29, 0.717) is 41.6 Å². The molecule has 1 saturated carbocycles. The first-order valence-electron chi connectivity index (χ1n) is 8.61. The zero-order chi connectivity index (χ0) is 18.4. The first kappa shape index (κ1) is 18.8. The largest absolute Gasteiger partial charge is 0.444 e. The van der Waals surface area contributed by atoms with Gasteiger partial charge in [-0.2, -0.15) is 0 Å². The number of methoxy groups -OCH3 is 1. The third-order valence-corrected chi connectivity index (χ3v) is 6.11.